The van der Waals surface area contributed by atoms with Gasteiger partial charge in [-0.1, -0.05) is 27.5 Å². The summed E-state index contributed by atoms with van der Waals surface area (Å²) in [6.45, 7) is 0. The Morgan fingerprint density at radius 3 is 2.29 bits per heavy atom. The molecule has 4 nitrogen and oxygen atoms in total. The van der Waals surface area contributed by atoms with Crippen LogP contribution in [-0.2, 0) is 10.0 Å². The Kier molecular flexibility index (Phi) is 5.25. The third kappa shape index (κ3) is 3.92. The Balaban J connectivity index is 2.44. The monoisotopic (exact) mass is 516 g/mol. The number of sulfonamides is 1. The van der Waals surface area contributed by atoms with Crippen LogP contribution >= 0.6 is 59.4 Å². The Bertz CT molecular complexity index is 789. The van der Waals surface area contributed by atoms with Gasteiger partial charge in [0, 0.05) is 13.4 Å². The lowest BCUT2D eigenvalue weighted by molar-refractivity contribution is 0.601. The van der Waals surface area contributed by atoms with Crippen molar-refractivity contribution in [1.82, 2.24) is 0 Å². The Hall–Kier alpha value is -0.280. The highest BCUT2D eigenvalue weighted by molar-refractivity contribution is 9.11. The molecule has 3 N–H and O–H groups in total. The largest absolute Gasteiger partial charge is 0.397 e. The summed E-state index contributed by atoms with van der Waals surface area (Å²) < 4.78 is 29.0. The minimum absolute atomic E-state index is 0.0768. The molecule has 0 aromatic heterocycles. The molecule has 0 amide bonds. The van der Waals surface area contributed by atoms with Crippen LogP contribution in [0.4, 0.5) is 11.4 Å². The van der Waals surface area contributed by atoms with Crippen molar-refractivity contribution in [3.8, 4) is 0 Å². The zero-order valence-electron chi connectivity index (χ0n) is 10.2. The van der Waals surface area contributed by atoms with E-state index in [0.29, 0.717) is 19.7 Å². The summed E-state index contributed by atoms with van der Waals surface area (Å²) in [5, 5.41) is 0.429. The molecule has 0 fully saturated rings. The Labute approximate surface area is 152 Å². The van der Waals surface area contributed by atoms with Crippen LogP contribution in [0.1, 0.15) is 0 Å². The number of rotatable bonds is 3. The van der Waals surface area contributed by atoms with Crippen molar-refractivity contribution in [3.63, 3.8) is 0 Å². The number of hydrogen-bond acceptors (Lipinski definition) is 3. The molecule has 2 rings (SSSR count). The first-order valence-electron chi connectivity index (χ1n) is 5.43. The molecule has 0 spiro atoms. The lowest BCUT2D eigenvalue weighted by Crippen LogP contribution is -2.14. The maximum atomic E-state index is 12.4. The molecule has 9 heteroatoms. The molecule has 112 valence electrons. The fourth-order valence-corrected chi connectivity index (χ4v) is 4.81. The quantitative estimate of drug-likeness (QED) is 0.561. The van der Waals surface area contributed by atoms with Gasteiger partial charge in [-0.25, -0.2) is 8.42 Å². The van der Waals surface area contributed by atoms with E-state index in [4.69, 9.17) is 17.3 Å². The zero-order valence-corrected chi connectivity index (χ0v) is 16.5. The van der Waals surface area contributed by atoms with Crippen LogP contribution in [0.3, 0.4) is 0 Å². The molecule has 0 saturated carbocycles. The average molecular weight is 519 g/mol. The second-order valence-electron chi connectivity index (χ2n) is 4.03. The third-order valence-corrected chi connectivity index (χ3v) is 6.17. The Morgan fingerprint density at radius 2 is 1.71 bits per heavy atom. The van der Waals surface area contributed by atoms with Gasteiger partial charge < -0.3 is 5.73 Å². The molecule has 21 heavy (non-hydrogen) atoms. The topological polar surface area (TPSA) is 72.2 Å². The molecular weight excluding hydrogens is 511 g/mol. The highest BCUT2D eigenvalue weighted by Gasteiger charge is 2.18. The predicted molar refractivity (Wildman–Crippen MR) is 96.2 cm³/mol. The molecule has 0 aliphatic carbocycles. The summed E-state index contributed by atoms with van der Waals surface area (Å²) in [5.74, 6) is 0. The Morgan fingerprint density at radius 1 is 1.05 bits per heavy atom. The maximum absolute atomic E-state index is 12.4. The first kappa shape index (κ1) is 17.1. The average Bonchev–Trinajstić information content (AvgIpc) is 2.37. The van der Waals surface area contributed by atoms with E-state index in [0.717, 1.165) is 4.47 Å². The molecule has 2 aromatic carbocycles. The summed E-state index contributed by atoms with van der Waals surface area (Å²) in [7, 11) is -3.77. The predicted octanol–water partition coefficient (Wildman–Crippen LogP) is 5.01. The molecular formula is C12H8Br3ClN2O2S. The number of nitrogens with two attached hydrogens (primary N) is 1. The van der Waals surface area contributed by atoms with Gasteiger partial charge in [0.15, 0.2) is 0 Å². The fourth-order valence-electron chi connectivity index (χ4n) is 1.54. The number of hydrogen-bond donors (Lipinski definition) is 2. The molecule has 0 radical (unpaired) electrons. The van der Waals surface area contributed by atoms with Crippen LogP contribution in [0.5, 0.6) is 0 Å². The van der Waals surface area contributed by atoms with Gasteiger partial charge >= 0.3 is 0 Å². The SMILES string of the molecule is Nc1cc(Br)cc(Br)c1NS(=O)(=O)c1ccc(Cl)c(Br)c1. The second kappa shape index (κ2) is 6.45. The van der Waals surface area contributed by atoms with E-state index >= 15 is 0 Å². The molecule has 0 unspecified atom stereocenters. The van der Waals surface area contributed by atoms with Gasteiger partial charge in [0.05, 0.1) is 21.3 Å². The number of nitrogens with one attached hydrogen (secondary N) is 1. The number of halogens is 4. The van der Waals surface area contributed by atoms with Gasteiger partial charge in [-0.3, -0.25) is 4.72 Å². The normalized spacial score (nSPS) is 11.4. The van der Waals surface area contributed by atoms with Gasteiger partial charge in [0.25, 0.3) is 10.0 Å². The van der Waals surface area contributed by atoms with Gasteiger partial charge in [-0.15, -0.1) is 0 Å². The molecule has 0 atom stereocenters. The molecule has 0 saturated heterocycles. The minimum Gasteiger partial charge on any atom is -0.397 e. The van der Waals surface area contributed by atoms with Crippen molar-refractivity contribution < 1.29 is 8.42 Å². The van der Waals surface area contributed by atoms with Crippen LogP contribution in [0.25, 0.3) is 0 Å². The van der Waals surface area contributed by atoms with E-state index in [9.17, 15) is 8.42 Å². The summed E-state index contributed by atoms with van der Waals surface area (Å²) in [5.41, 5.74) is 6.42. The van der Waals surface area contributed by atoms with Crippen molar-refractivity contribution >= 4 is 80.8 Å². The summed E-state index contributed by atoms with van der Waals surface area (Å²) >= 11 is 15.6. The first-order chi connectivity index (χ1) is 9.70. The van der Waals surface area contributed by atoms with Crippen LogP contribution in [0.15, 0.2) is 48.6 Å². The van der Waals surface area contributed by atoms with Gasteiger partial charge in [-0.2, -0.15) is 0 Å². The lowest BCUT2D eigenvalue weighted by Gasteiger charge is -2.13. The van der Waals surface area contributed by atoms with Gasteiger partial charge in [0.2, 0.25) is 0 Å². The molecule has 0 aliphatic heterocycles. The van der Waals surface area contributed by atoms with Crippen molar-refractivity contribution in [2.45, 2.75) is 4.90 Å². The lowest BCUT2D eigenvalue weighted by atomic mass is 10.3. The molecule has 0 bridgehead atoms. The second-order valence-corrected chi connectivity index (χ2v) is 8.75. The van der Waals surface area contributed by atoms with E-state index in [-0.39, 0.29) is 10.6 Å². The minimum atomic E-state index is -3.77. The summed E-state index contributed by atoms with van der Waals surface area (Å²) in [6, 6.07) is 7.65. The van der Waals surface area contributed by atoms with Crippen molar-refractivity contribution in [2.75, 3.05) is 10.5 Å². The molecule has 2 aromatic rings. The highest BCUT2D eigenvalue weighted by Crippen LogP contribution is 2.34. The van der Waals surface area contributed by atoms with Crippen LogP contribution < -0.4 is 10.5 Å². The van der Waals surface area contributed by atoms with E-state index in [1.165, 1.54) is 18.2 Å². The summed E-state index contributed by atoms with van der Waals surface area (Å²) in [4.78, 5) is 0.0768. The van der Waals surface area contributed by atoms with Crippen LogP contribution in [-0.4, -0.2) is 8.42 Å². The van der Waals surface area contributed by atoms with E-state index in [1.54, 1.807) is 12.1 Å². The molecule has 0 heterocycles. The third-order valence-electron chi connectivity index (χ3n) is 2.52. The van der Waals surface area contributed by atoms with Gasteiger partial charge in [0.1, 0.15) is 0 Å². The number of nitrogen functional groups attached to an aromatic ring is 1. The van der Waals surface area contributed by atoms with E-state index < -0.39 is 10.0 Å². The fraction of sp³-hybridized carbons (Fsp3) is 0. The van der Waals surface area contributed by atoms with Crippen molar-refractivity contribution in [3.05, 3.63) is 48.8 Å². The van der Waals surface area contributed by atoms with E-state index in [2.05, 4.69) is 52.5 Å². The van der Waals surface area contributed by atoms with Crippen molar-refractivity contribution in [2.24, 2.45) is 0 Å². The number of benzene rings is 2. The van der Waals surface area contributed by atoms with Crippen LogP contribution in [0.2, 0.25) is 5.02 Å². The van der Waals surface area contributed by atoms with Crippen LogP contribution in [0, 0.1) is 0 Å². The summed E-state index contributed by atoms with van der Waals surface area (Å²) in [6.07, 6.45) is 0. The smallest absolute Gasteiger partial charge is 0.262 e. The number of anilines is 2. The maximum Gasteiger partial charge on any atom is 0.262 e. The zero-order chi connectivity index (χ0) is 15.8. The standard InChI is InChI=1S/C12H8Br3ClN2O2S/c13-6-3-9(15)12(11(17)4-6)18-21(19,20)7-1-2-10(16)8(14)5-7/h1-5,18H,17H2. The first-order valence-corrected chi connectivity index (χ1v) is 9.67. The molecule has 0 aliphatic rings. The van der Waals surface area contributed by atoms with E-state index in [1.807, 2.05) is 0 Å². The van der Waals surface area contributed by atoms with Gasteiger partial charge in [-0.05, 0) is 62.2 Å². The highest BCUT2D eigenvalue weighted by atomic mass is 79.9. The van der Waals surface area contributed by atoms with Crippen molar-refractivity contribution in [1.29, 1.82) is 0 Å².